The highest BCUT2D eigenvalue weighted by Crippen LogP contribution is 2.25. The van der Waals surface area contributed by atoms with Crippen LogP contribution in [0.3, 0.4) is 0 Å². The van der Waals surface area contributed by atoms with Crippen molar-refractivity contribution in [2.45, 2.75) is 19.4 Å². The van der Waals surface area contributed by atoms with Crippen LogP contribution in [0.2, 0.25) is 10.0 Å². The van der Waals surface area contributed by atoms with Gasteiger partial charge in [-0.15, -0.1) is 0 Å². The quantitative estimate of drug-likeness (QED) is 0.894. The van der Waals surface area contributed by atoms with Gasteiger partial charge in [0.15, 0.2) is 0 Å². The topological polar surface area (TPSA) is 41.1 Å². The van der Waals surface area contributed by atoms with E-state index in [4.69, 9.17) is 23.2 Å². The largest absolute Gasteiger partial charge is 0.350 e. The average molecular weight is 287 g/mol. The second-order valence-electron chi connectivity index (χ2n) is 4.69. The van der Waals surface area contributed by atoms with Gasteiger partial charge >= 0.3 is 0 Å². The van der Waals surface area contributed by atoms with Crippen molar-refractivity contribution >= 4 is 29.1 Å². The predicted molar refractivity (Wildman–Crippen MR) is 74.0 cm³/mol. The van der Waals surface area contributed by atoms with E-state index in [0.717, 1.165) is 18.7 Å². The first-order chi connectivity index (χ1) is 8.56. The summed E-state index contributed by atoms with van der Waals surface area (Å²) in [6.45, 7) is 3.82. The molecule has 0 aromatic heterocycles. The lowest BCUT2D eigenvalue weighted by molar-refractivity contribution is -0.123. The van der Waals surface area contributed by atoms with Gasteiger partial charge in [-0.3, -0.25) is 4.79 Å². The van der Waals surface area contributed by atoms with Crippen molar-refractivity contribution in [3.05, 3.63) is 33.8 Å². The molecule has 1 amide bonds. The SMILES string of the molecule is CC(NC(=O)CC1CNC1)c1ccc(Cl)c(Cl)c1. The van der Waals surface area contributed by atoms with Gasteiger partial charge in [-0.1, -0.05) is 29.3 Å². The summed E-state index contributed by atoms with van der Waals surface area (Å²) in [5.74, 6) is 0.561. The lowest BCUT2D eigenvalue weighted by atomic mass is 9.98. The zero-order chi connectivity index (χ0) is 13.1. The van der Waals surface area contributed by atoms with Crippen molar-refractivity contribution in [3.8, 4) is 0 Å². The Labute approximate surface area is 117 Å². The molecule has 1 aliphatic heterocycles. The fourth-order valence-corrected chi connectivity index (χ4v) is 2.23. The Morgan fingerprint density at radius 1 is 1.44 bits per heavy atom. The van der Waals surface area contributed by atoms with Gasteiger partial charge in [-0.2, -0.15) is 0 Å². The normalized spacial score (nSPS) is 17.1. The maximum Gasteiger partial charge on any atom is 0.220 e. The van der Waals surface area contributed by atoms with Gasteiger partial charge in [-0.25, -0.2) is 0 Å². The average Bonchev–Trinajstić information content (AvgIpc) is 2.27. The molecule has 1 aromatic carbocycles. The van der Waals surface area contributed by atoms with E-state index in [2.05, 4.69) is 10.6 Å². The van der Waals surface area contributed by atoms with Gasteiger partial charge in [0.2, 0.25) is 5.91 Å². The predicted octanol–water partition coefficient (Wildman–Crippen LogP) is 2.78. The summed E-state index contributed by atoms with van der Waals surface area (Å²) < 4.78 is 0. The minimum atomic E-state index is -0.0553. The molecule has 1 saturated heterocycles. The molecule has 0 bridgehead atoms. The number of benzene rings is 1. The molecule has 0 saturated carbocycles. The van der Waals surface area contributed by atoms with E-state index in [1.54, 1.807) is 12.1 Å². The van der Waals surface area contributed by atoms with Crippen LogP contribution in [0.4, 0.5) is 0 Å². The number of hydrogen-bond donors (Lipinski definition) is 2. The van der Waals surface area contributed by atoms with Crippen LogP contribution in [0.1, 0.15) is 24.9 Å². The molecule has 2 N–H and O–H groups in total. The summed E-state index contributed by atoms with van der Waals surface area (Å²) in [6, 6.07) is 5.36. The van der Waals surface area contributed by atoms with Crippen molar-refractivity contribution in [2.75, 3.05) is 13.1 Å². The molecule has 0 radical (unpaired) electrons. The Hall–Kier alpha value is -0.770. The molecule has 1 aliphatic rings. The van der Waals surface area contributed by atoms with Crippen LogP contribution >= 0.6 is 23.2 Å². The maximum atomic E-state index is 11.8. The third-order valence-corrected chi connectivity index (χ3v) is 3.90. The van der Waals surface area contributed by atoms with Crippen LogP contribution in [-0.2, 0) is 4.79 Å². The lowest BCUT2D eigenvalue weighted by Crippen LogP contribution is -2.44. The second kappa shape index (κ2) is 5.91. The van der Waals surface area contributed by atoms with Gasteiger partial charge in [0, 0.05) is 6.42 Å². The minimum Gasteiger partial charge on any atom is -0.350 e. The summed E-state index contributed by atoms with van der Waals surface area (Å²) in [7, 11) is 0. The van der Waals surface area contributed by atoms with E-state index >= 15 is 0 Å². The van der Waals surface area contributed by atoms with Crippen molar-refractivity contribution < 1.29 is 4.79 Å². The van der Waals surface area contributed by atoms with Crippen molar-refractivity contribution in [1.29, 1.82) is 0 Å². The first kappa shape index (κ1) is 13.7. The molecule has 1 heterocycles. The molecule has 1 unspecified atom stereocenters. The molecular formula is C13H16Cl2N2O. The van der Waals surface area contributed by atoms with E-state index in [1.165, 1.54) is 0 Å². The first-order valence-corrected chi connectivity index (χ1v) is 6.77. The van der Waals surface area contributed by atoms with Crippen LogP contribution in [0, 0.1) is 5.92 Å². The molecule has 3 nitrogen and oxygen atoms in total. The van der Waals surface area contributed by atoms with E-state index in [0.29, 0.717) is 22.4 Å². The van der Waals surface area contributed by atoms with E-state index in [1.807, 2.05) is 13.0 Å². The molecule has 0 aliphatic carbocycles. The van der Waals surface area contributed by atoms with E-state index in [9.17, 15) is 4.79 Å². The van der Waals surface area contributed by atoms with Crippen LogP contribution in [0.5, 0.6) is 0 Å². The van der Waals surface area contributed by atoms with Gasteiger partial charge in [0.1, 0.15) is 0 Å². The molecule has 5 heteroatoms. The van der Waals surface area contributed by atoms with Crippen molar-refractivity contribution in [2.24, 2.45) is 5.92 Å². The third-order valence-electron chi connectivity index (χ3n) is 3.16. The monoisotopic (exact) mass is 286 g/mol. The highest BCUT2D eigenvalue weighted by molar-refractivity contribution is 6.42. The van der Waals surface area contributed by atoms with Gasteiger partial charge in [0.25, 0.3) is 0 Å². The number of rotatable bonds is 4. The molecule has 1 aromatic rings. The number of nitrogens with one attached hydrogen (secondary N) is 2. The minimum absolute atomic E-state index is 0.0553. The van der Waals surface area contributed by atoms with Gasteiger partial charge in [0.05, 0.1) is 16.1 Å². The fourth-order valence-electron chi connectivity index (χ4n) is 1.92. The second-order valence-corrected chi connectivity index (χ2v) is 5.51. The Morgan fingerprint density at radius 2 is 2.17 bits per heavy atom. The Bertz CT molecular complexity index is 447. The summed E-state index contributed by atoms with van der Waals surface area (Å²) in [5, 5.41) is 7.17. The Kier molecular flexibility index (Phi) is 4.49. The zero-order valence-electron chi connectivity index (χ0n) is 10.2. The fraction of sp³-hybridized carbons (Fsp3) is 0.462. The van der Waals surface area contributed by atoms with Crippen LogP contribution in [0.25, 0.3) is 0 Å². The van der Waals surface area contributed by atoms with Crippen LogP contribution < -0.4 is 10.6 Å². The van der Waals surface area contributed by atoms with Gasteiger partial charge in [-0.05, 0) is 43.6 Å². The summed E-state index contributed by atoms with van der Waals surface area (Å²) in [5.41, 5.74) is 0.962. The molecule has 2 rings (SSSR count). The van der Waals surface area contributed by atoms with Gasteiger partial charge < -0.3 is 10.6 Å². The number of carbonyl (C=O) groups is 1. The lowest BCUT2D eigenvalue weighted by Gasteiger charge is -2.27. The Balaban J connectivity index is 1.91. The smallest absolute Gasteiger partial charge is 0.220 e. The van der Waals surface area contributed by atoms with Crippen molar-refractivity contribution in [1.82, 2.24) is 10.6 Å². The molecule has 1 fully saturated rings. The molecular weight excluding hydrogens is 271 g/mol. The highest BCUT2D eigenvalue weighted by atomic mass is 35.5. The van der Waals surface area contributed by atoms with Crippen molar-refractivity contribution in [3.63, 3.8) is 0 Å². The van der Waals surface area contributed by atoms with E-state index < -0.39 is 0 Å². The third kappa shape index (κ3) is 3.37. The van der Waals surface area contributed by atoms with Crippen LogP contribution in [-0.4, -0.2) is 19.0 Å². The number of hydrogen-bond acceptors (Lipinski definition) is 2. The number of amides is 1. The molecule has 0 spiro atoms. The maximum absolute atomic E-state index is 11.8. The molecule has 1 atom stereocenters. The summed E-state index contributed by atoms with van der Waals surface area (Å²) >= 11 is 11.8. The summed E-state index contributed by atoms with van der Waals surface area (Å²) in [4.78, 5) is 11.8. The molecule has 98 valence electrons. The van der Waals surface area contributed by atoms with Crippen LogP contribution in [0.15, 0.2) is 18.2 Å². The number of halogens is 2. The highest BCUT2D eigenvalue weighted by Gasteiger charge is 2.21. The molecule has 18 heavy (non-hydrogen) atoms. The first-order valence-electron chi connectivity index (χ1n) is 6.01. The number of carbonyl (C=O) groups excluding carboxylic acids is 1. The summed E-state index contributed by atoms with van der Waals surface area (Å²) in [6.07, 6.45) is 0.582. The zero-order valence-corrected chi connectivity index (χ0v) is 11.7. The van der Waals surface area contributed by atoms with E-state index in [-0.39, 0.29) is 11.9 Å². The Morgan fingerprint density at radius 3 is 2.72 bits per heavy atom. The standard InChI is InChI=1S/C13H16Cl2N2O/c1-8(10-2-3-11(14)12(15)5-10)17-13(18)4-9-6-16-7-9/h2-3,5,8-9,16H,4,6-7H2,1H3,(H,17,18).